The summed E-state index contributed by atoms with van der Waals surface area (Å²) in [7, 11) is 0. The van der Waals surface area contributed by atoms with Gasteiger partial charge in [0.15, 0.2) is 0 Å². The van der Waals surface area contributed by atoms with E-state index < -0.39 is 12.5 Å². The number of likely N-dealkylation sites (N-methyl/N-ethyl adjacent to an activating group) is 1. The Morgan fingerprint density at radius 1 is 1.47 bits per heavy atom. The molecule has 0 aliphatic rings. The van der Waals surface area contributed by atoms with Gasteiger partial charge in [0, 0.05) is 13.0 Å². The summed E-state index contributed by atoms with van der Waals surface area (Å²) >= 11 is 0. The monoisotopic (exact) mass is 218 g/mol. The SMILES string of the molecule is CCNC(Cc1ncnn1CC)C(F)F. The van der Waals surface area contributed by atoms with Gasteiger partial charge in [0.25, 0.3) is 6.43 Å². The molecule has 0 amide bonds. The van der Waals surface area contributed by atoms with Gasteiger partial charge >= 0.3 is 0 Å². The molecule has 1 atom stereocenters. The van der Waals surface area contributed by atoms with Crippen LogP contribution >= 0.6 is 0 Å². The van der Waals surface area contributed by atoms with E-state index in [0.717, 1.165) is 0 Å². The molecular weight excluding hydrogens is 202 g/mol. The molecule has 0 aliphatic carbocycles. The van der Waals surface area contributed by atoms with Crippen molar-refractivity contribution in [2.75, 3.05) is 6.54 Å². The maximum Gasteiger partial charge on any atom is 0.254 e. The van der Waals surface area contributed by atoms with Crippen LogP contribution in [-0.2, 0) is 13.0 Å². The van der Waals surface area contributed by atoms with Gasteiger partial charge in [0.2, 0.25) is 0 Å². The van der Waals surface area contributed by atoms with Crippen LogP contribution in [0.1, 0.15) is 19.7 Å². The Morgan fingerprint density at radius 2 is 2.20 bits per heavy atom. The van der Waals surface area contributed by atoms with Crippen LogP contribution in [0.2, 0.25) is 0 Å². The molecule has 1 aromatic heterocycles. The van der Waals surface area contributed by atoms with E-state index in [2.05, 4.69) is 15.4 Å². The van der Waals surface area contributed by atoms with Crippen LogP contribution in [0.3, 0.4) is 0 Å². The summed E-state index contributed by atoms with van der Waals surface area (Å²) in [5, 5.41) is 6.68. The predicted octanol–water partition coefficient (Wildman–Crippen LogP) is 1.08. The molecule has 0 bridgehead atoms. The quantitative estimate of drug-likeness (QED) is 0.777. The molecular formula is C9H16F2N4. The van der Waals surface area contributed by atoms with Crippen molar-refractivity contribution in [3.63, 3.8) is 0 Å². The fraction of sp³-hybridized carbons (Fsp3) is 0.778. The van der Waals surface area contributed by atoms with Gasteiger partial charge in [-0.1, -0.05) is 6.92 Å². The molecule has 0 aliphatic heterocycles. The third-order valence-corrected chi connectivity index (χ3v) is 2.17. The zero-order chi connectivity index (χ0) is 11.3. The molecule has 0 radical (unpaired) electrons. The highest BCUT2D eigenvalue weighted by atomic mass is 19.3. The zero-order valence-electron chi connectivity index (χ0n) is 8.95. The molecule has 0 spiro atoms. The van der Waals surface area contributed by atoms with Crippen LogP contribution in [0.15, 0.2) is 6.33 Å². The van der Waals surface area contributed by atoms with Crippen LogP contribution < -0.4 is 5.32 Å². The van der Waals surface area contributed by atoms with Crippen LogP contribution in [0.4, 0.5) is 8.78 Å². The topological polar surface area (TPSA) is 42.7 Å². The van der Waals surface area contributed by atoms with Crippen molar-refractivity contribution < 1.29 is 8.78 Å². The zero-order valence-corrected chi connectivity index (χ0v) is 8.95. The summed E-state index contributed by atoms with van der Waals surface area (Å²) in [6.45, 7) is 4.88. The van der Waals surface area contributed by atoms with Gasteiger partial charge in [-0.2, -0.15) is 5.10 Å². The van der Waals surface area contributed by atoms with Crippen LogP contribution in [0.5, 0.6) is 0 Å². The smallest absolute Gasteiger partial charge is 0.254 e. The minimum absolute atomic E-state index is 0.208. The Kier molecular flexibility index (Phi) is 4.61. The number of alkyl halides is 2. The number of aryl methyl sites for hydroxylation is 1. The first-order valence-corrected chi connectivity index (χ1v) is 5.07. The van der Waals surface area contributed by atoms with Gasteiger partial charge in [-0.25, -0.2) is 13.8 Å². The molecule has 0 saturated heterocycles. The summed E-state index contributed by atoms with van der Waals surface area (Å²) in [6.07, 6.45) is -0.779. The van der Waals surface area contributed by atoms with Gasteiger partial charge < -0.3 is 5.32 Å². The summed E-state index contributed by atoms with van der Waals surface area (Å²) in [5.41, 5.74) is 0. The number of hydrogen-bond acceptors (Lipinski definition) is 3. The first-order valence-electron chi connectivity index (χ1n) is 5.07. The molecule has 4 nitrogen and oxygen atoms in total. The summed E-state index contributed by atoms with van der Waals surface area (Å²) in [6, 6.07) is -0.843. The van der Waals surface area contributed by atoms with Gasteiger partial charge in [-0.15, -0.1) is 0 Å². The van der Waals surface area contributed by atoms with Crippen LogP contribution in [0.25, 0.3) is 0 Å². The lowest BCUT2D eigenvalue weighted by Crippen LogP contribution is -2.38. The Morgan fingerprint density at radius 3 is 2.73 bits per heavy atom. The minimum Gasteiger partial charge on any atom is -0.309 e. The number of aromatic nitrogens is 3. The molecule has 86 valence electrons. The molecule has 0 aromatic carbocycles. The van der Waals surface area contributed by atoms with E-state index in [1.165, 1.54) is 6.33 Å². The lowest BCUT2D eigenvalue weighted by atomic mass is 10.2. The van der Waals surface area contributed by atoms with Crippen molar-refractivity contribution in [2.45, 2.75) is 39.3 Å². The van der Waals surface area contributed by atoms with Crippen molar-refractivity contribution in [1.82, 2.24) is 20.1 Å². The Balaban J connectivity index is 2.65. The average Bonchev–Trinajstić information content (AvgIpc) is 2.64. The first kappa shape index (κ1) is 12.0. The largest absolute Gasteiger partial charge is 0.309 e. The first-order chi connectivity index (χ1) is 7.19. The van der Waals surface area contributed by atoms with Crippen molar-refractivity contribution in [1.29, 1.82) is 0 Å². The minimum atomic E-state index is -2.38. The van der Waals surface area contributed by atoms with Gasteiger partial charge in [0.1, 0.15) is 12.2 Å². The van der Waals surface area contributed by atoms with Crippen molar-refractivity contribution in [2.24, 2.45) is 0 Å². The van der Waals surface area contributed by atoms with Gasteiger partial charge in [-0.3, -0.25) is 4.68 Å². The van der Waals surface area contributed by atoms with E-state index in [9.17, 15) is 8.78 Å². The molecule has 1 rings (SSSR count). The number of nitrogens with zero attached hydrogens (tertiary/aromatic N) is 3. The molecule has 1 heterocycles. The normalized spacial score (nSPS) is 13.4. The van der Waals surface area contributed by atoms with Crippen molar-refractivity contribution >= 4 is 0 Å². The highest BCUT2D eigenvalue weighted by molar-refractivity contribution is 4.90. The molecule has 6 heteroatoms. The Hall–Kier alpha value is -1.04. The van der Waals surface area contributed by atoms with E-state index >= 15 is 0 Å². The number of nitrogens with one attached hydrogen (secondary N) is 1. The number of halogens is 2. The average molecular weight is 218 g/mol. The second kappa shape index (κ2) is 5.75. The third kappa shape index (κ3) is 3.23. The van der Waals surface area contributed by atoms with Crippen molar-refractivity contribution in [3.8, 4) is 0 Å². The van der Waals surface area contributed by atoms with Crippen LogP contribution in [0, 0.1) is 0 Å². The molecule has 1 aromatic rings. The lowest BCUT2D eigenvalue weighted by Gasteiger charge is -2.16. The van der Waals surface area contributed by atoms with Gasteiger partial charge in [0.05, 0.1) is 6.04 Å². The van der Waals surface area contributed by atoms with E-state index in [4.69, 9.17) is 0 Å². The van der Waals surface area contributed by atoms with E-state index in [1.807, 2.05) is 6.92 Å². The lowest BCUT2D eigenvalue weighted by molar-refractivity contribution is 0.0976. The summed E-state index contributed by atoms with van der Waals surface area (Å²) in [4.78, 5) is 3.97. The predicted molar refractivity (Wildman–Crippen MR) is 52.9 cm³/mol. The van der Waals surface area contributed by atoms with E-state index in [-0.39, 0.29) is 6.42 Å². The Labute approximate surface area is 87.7 Å². The highest BCUT2D eigenvalue weighted by Gasteiger charge is 2.21. The molecule has 15 heavy (non-hydrogen) atoms. The molecule has 1 unspecified atom stereocenters. The van der Waals surface area contributed by atoms with Crippen LogP contribution in [-0.4, -0.2) is 33.8 Å². The standard InChI is InChI=1S/C9H16F2N4/c1-3-12-7(9(10)11)5-8-13-6-14-15(8)4-2/h6-7,9,12H,3-5H2,1-2H3. The number of rotatable bonds is 6. The molecule has 1 N–H and O–H groups in total. The van der Waals surface area contributed by atoms with E-state index in [1.54, 1.807) is 11.6 Å². The second-order valence-corrected chi connectivity index (χ2v) is 3.19. The fourth-order valence-electron chi connectivity index (χ4n) is 1.42. The van der Waals surface area contributed by atoms with E-state index in [0.29, 0.717) is 18.9 Å². The highest BCUT2D eigenvalue weighted by Crippen LogP contribution is 2.07. The summed E-state index contributed by atoms with van der Waals surface area (Å²) < 4.78 is 26.8. The maximum atomic E-state index is 12.6. The molecule has 0 saturated carbocycles. The molecule has 0 fully saturated rings. The Bertz CT molecular complexity index is 287. The fourth-order valence-corrected chi connectivity index (χ4v) is 1.42. The third-order valence-electron chi connectivity index (χ3n) is 2.17. The second-order valence-electron chi connectivity index (χ2n) is 3.19. The van der Waals surface area contributed by atoms with Gasteiger partial charge in [-0.05, 0) is 13.5 Å². The van der Waals surface area contributed by atoms with Crippen molar-refractivity contribution in [3.05, 3.63) is 12.2 Å². The number of hydrogen-bond donors (Lipinski definition) is 1. The summed E-state index contributed by atoms with van der Waals surface area (Å²) in [5.74, 6) is 0.601. The maximum absolute atomic E-state index is 12.6.